The van der Waals surface area contributed by atoms with Crippen molar-refractivity contribution in [1.29, 1.82) is 0 Å². The second kappa shape index (κ2) is 8.70. The lowest BCUT2D eigenvalue weighted by atomic mass is 10.1. The first-order chi connectivity index (χ1) is 14.3. The van der Waals surface area contributed by atoms with Crippen molar-refractivity contribution in [3.63, 3.8) is 0 Å². The number of rotatable bonds is 8. The van der Waals surface area contributed by atoms with Crippen molar-refractivity contribution < 1.29 is 9.47 Å². The van der Waals surface area contributed by atoms with Crippen LogP contribution < -0.4 is 14.8 Å². The van der Waals surface area contributed by atoms with E-state index in [-0.39, 0.29) is 0 Å². The van der Waals surface area contributed by atoms with Crippen LogP contribution in [-0.4, -0.2) is 40.8 Å². The maximum Gasteiger partial charge on any atom is 0.183 e. The molecule has 2 heterocycles. The summed E-state index contributed by atoms with van der Waals surface area (Å²) in [6, 6.07) is 18.4. The predicted molar refractivity (Wildman–Crippen MR) is 111 cm³/mol. The molecular formula is C22H23N5O2. The van der Waals surface area contributed by atoms with E-state index in [9.17, 15) is 0 Å². The van der Waals surface area contributed by atoms with Crippen LogP contribution in [-0.2, 0) is 13.0 Å². The molecule has 0 aliphatic heterocycles. The Labute approximate surface area is 169 Å². The summed E-state index contributed by atoms with van der Waals surface area (Å²) in [7, 11) is 3.29. The lowest BCUT2D eigenvalue weighted by Gasteiger charge is -2.11. The molecule has 29 heavy (non-hydrogen) atoms. The molecule has 7 heteroatoms. The minimum atomic E-state index is 0.678. The zero-order chi connectivity index (χ0) is 20.1. The van der Waals surface area contributed by atoms with Gasteiger partial charge in [-0.25, -0.2) is 0 Å². The van der Waals surface area contributed by atoms with Crippen LogP contribution in [0.2, 0.25) is 0 Å². The second-order valence-corrected chi connectivity index (χ2v) is 6.68. The van der Waals surface area contributed by atoms with E-state index in [4.69, 9.17) is 9.47 Å². The Morgan fingerprint density at radius 2 is 1.76 bits per heavy atom. The van der Waals surface area contributed by atoms with Crippen LogP contribution in [0.15, 0.2) is 60.8 Å². The number of benzene rings is 2. The van der Waals surface area contributed by atoms with Gasteiger partial charge in [0.2, 0.25) is 0 Å². The molecule has 2 aromatic carbocycles. The third-order valence-electron chi connectivity index (χ3n) is 4.83. The SMILES string of the molecule is COc1ccc(CCNCc2cc(-c3ccccc3)cn3nnnc23)cc1OC. The zero-order valence-electron chi connectivity index (χ0n) is 16.5. The molecule has 0 atom stereocenters. The fourth-order valence-corrected chi connectivity index (χ4v) is 3.32. The van der Waals surface area contributed by atoms with Crippen LogP contribution in [0.1, 0.15) is 11.1 Å². The first kappa shape index (κ1) is 18.9. The van der Waals surface area contributed by atoms with Crippen molar-refractivity contribution >= 4 is 5.65 Å². The van der Waals surface area contributed by atoms with E-state index in [1.807, 2.05) is 36.5 Å². The molecule has 0 saturated carbocycles. The molecule has 148 valence electrons. The van der Waals surface area contributed by atoms with Crippen molar-refractivity contribution in [3.8, 4) is 22.6 Å². The maximum atomic E-state index is 5.38. The van der Waals surface area contributed by atoms with Gasteiger partial charge in [0.25, 0.3) is 0 Å². The van der Waals surface area contributed by atoms with Gasteiger partial charge in [-0.15, -0.1) is 5.10 Å². The first-order valence-electron chi connectivity index (χ1n) is 9.46. The lowest BCUT2D eigenvalue weighted by molar-refractivity contribution is 0.354. The zero-order valence-corrected chi connectivity index (χ0v) is 16.5. The average molecular weight is 389 g/mol. The topological polar surface area (TPSA) is 73.6 Å². The fraction of sp³-hybridized carbons (Fsp3) is 0.227. The standard InChI is InChI=1S/C22H23N5O2/c1-28-20-9-8-16(12-21(20)29-2)10-11-23-14-18-13-19(17-6-4-3-5-7-17)15-27-22(18)24-25-26-27/h3-9,12-13,15,23H,10-11,14H2,1-2H3. The Hall–Kier alpha value is -3.45. The molecule has 0 saturated heterocycles. The van der Waals surface area contributed by atoms with E-state index < -0.39 is 0 Å². The maximum absolute atomic E-state index is 5.38. The number of fused-ring (bicyclic) bond motifs is 1. The summed E-state index contributed by atoms with van der Waals surface area (Å²) in [5, 5.41) is 15.6. The van der Waals surface area contributed by atoms with Crippen molar-refractivity contribution in [2.45, 2.75) is 13.0 Å². The lowest BCUT2D eigenvalue weighted by Crippen LogP contribution is -2.17. The Morgan fingerprint density at radius 3 is 2.55 bits per heavy atom. The van der Waals surface area contributed by atoms with Crippen LogP contribution in [0, 0.1) is 0 Å². The Balaban J connectivity index is 1.45. The number of hydrogen-bond acceptors (Lipinski definition) is 6. The smallest absolute Gasteiger partial charge is 0.183 e. The third kappa shape index (κ3) is 4.20. The number of pyridine rings is 1. The highest BCUT2D eigenvalue weighted by atomic mass is 16.5. The largest absolute Gasteiger partial charge is 0.493 e. The number of nitrogens with one attached hydrogen (secondary N) is 1. The van der Waals surface area contributed by atoms with Gasteiger partial charge in [-0.05, 0) is 52.7 Å². The molecule has 7 nitrogen and oxygen atoms in total. The molecular weight excluding hydrogens is 366 g/mol. The summed E-state index contributed by atoms with van der Waals surface area (Å²) in [4.78, 5) is 0. The molecule has 0 bridgehead atoms. The molecule has 0 radical (unpaired) electrons. The van der Waals surface area contributed by atoms with Gasteiger partial charge >= 0.3 is 0 Å². The molecule has 0 spiro atoms. The molecule has 0 amide bonds. The quantitative estimate of drug-likeness (QED) is 0.467. The summed E-state index contributed by atoms with van der Waals surface area (Å²) in [6.45, 7) is 1.50. The van der Waals surface area contributed by atoms with Crippen LogP contribution >= 0.6 is 0 Å². The molecule has 0 unspecified atom stereocenters. The number of tetrazole rings is 1. The van der Waals surface area contributed by atoms with Crippen LogP contribution in [0.4, 0.5) is 0 Å². The molecule has 1 N–H and O–H groups in total. The van der Waals surface area contributed by atoms with Gasteiger partial charge < -0.3 is 14.8 Å². The van der Waals surface area contributed by atoms with E-state index in [2.05, 4.69) is 45.1 Å². The van der Waals surface area contributed by atoms with Crippen molar-refractivity contribution in [3.05, 3.63) is 71.9 Å². The van der Waals surface area contributed by atoms with E-state index in [0.717, 1.165) is 46.8 Å². The fourth-order valence-electron chi connectivity index (χ4n) is 3.32. The van der Waals surface area contributed by atoms with Gasteiger partial charge in [-0.2, -0.15) is 4.52 Å². The molecule has 4 aromatic rings. The Morgan fingerprint density at radius 1 is 0.931 bits per heavy atom. The Kier molecular flexibility index (Phi) is 5.67. The van der Waals surface area contributed by atoms with Gasteiger partial charge in [0.1, 0.15) is 0 Å². The number of methoxy groups -OCH3 is 2. The number of aromatic nitrogens is 4. The third-order valence-corrected chi connectivity index (χ3v) is 4.83. The normalized spacial score (nSPS) is 11.0. The van der Waals surface area contributed by atoms with E-state index in [0.29, 0.717) is 6.54 Å². The summed E-state index contributed by atoms with van der Waals surface area (Å²) in [5.74, 6) is 1.49. The van der Waals surface area contributed by atoms with Gasteiger partial charge in [0.05, 0.1) is 14.2 Å². The minimum absolute atomic E-state index is 0.678. The van der Waals surface area contributed by atoms with E-state index in [1.54, 1.807) is 18.7 Å². The molecule has 4 rings (SSSR count). The molecule has 2 aromatic heterocycles. The van der Waals surface area contributed by atoms with Crippen molar-refractivity contribution in [1.82, 2.24) is 25.4 Å². The first-order valence-corrected chi connectivity index (χ1v) is 9.46. The molecule has 0 aliphatic carbocycles. The van der Waals surface area contributed by atoms with Gasteiger partial charge in [0.15, 0.2) is 17.1 Å². The number of nitrogens with zero attached hydrogens (tertiary/aromatic N) is 4. The van der Waals surface area contributed by atoms with E-state index >= 15 is 0 Å². The Bertz CT molecular complexity index is 1100. The van der Waals surface area contributed by atoms with E-state index in [1.165, 1.54) is 5.56 Å². The minimum Gasteiger partial charge on any atom is -0.493 e. The summed E-state index contributed by atoms with van der Waals surface area (Å²) in [5.41, 5.74) is 5.23. The van der Waals surface area contributed by atoms with Crippen LogP contribution in [0.5, 0.6) is 11.5 Å². The average Bonchev–Trinajstić information content (AvgIpc) is 3.26. The summed E-state index contributed by atoms with van der Waals surface area (Å²) < 4.78 is 12.4. The second-order valence-electron chi connectivity index (χ2n) is 6.68. The van der Waals surface area contributed by atoms with Crippen molar-refractivity contribution in [2.75, 3.05) is 20.8 Å². The summed E-state index contributed by atoms with van der Waals surface area (Å²) >= 11 is 0. The highest BCUT2D eigenvalue weighted by molar-refractivity contribution is 5.66. The predicted octanol–water partition coefficient (Wildman–Crippen LogP) is 3.14. The molecule has 0 fully saturated rings. The number of ether oxygens (including phenoxy) is 2. The monoisotopic (exact) mass is 389 g/mol. The molecule has 0 aliphatic rings. The van der Waals surface area contributed by atoms with Gasteiger partial charge in [0, 0.05) is 23.9 Å². The number of hydrogen-bond donors (Lipinski definition) is 1. The van der Waals surface area contributed by atoms with Crippen molar-refractivity contribution in [2.24, 2.45) is 0 Å². The van der Waals surface area contributed by atoms with Gasteiger partial charge in [-0.1, -0.05) is 36.4 Å². The highest BCUT2D eigenvalue weighted by Crippen LogP contribution is 2.27. The summed E-state index contributed by atoms with van der Waals surface area (Å²) in [6.07, 6.45) is 2.83. The van der Waals surface area contributed by atoms with Crippen LogP contribution in [0.3, 0.4) is 0 Å². The van der Waals surface area contributed by atoms with Crippen LogP contribution in [0.25, 0.3) is 16.8 Å². The van der Waals surface area contributed by atoms with Gasteiger partial charge in [-0.3, -0.25) is 0 Å². The highest BCUT2D eigenvalue weighted by Gasteiger charge is 2.09.